The van der Waals surface area contributed by atoms with Crippen LogP contribution in [0.1, 0.15) is 12.0 Å². The number of hydrogen-bond donors (Lipinski definition) is 1. The molecule has 0 bridgehead atoms. The zero-order chi connectivity index (χ0) is 12.6. The smallest absolute Gasteiger partial charge is 0.308 e. The lowest BCUT2D eigenvalue weighted by Gasteiger charge is -2.16. The minimum atomic E-state index is -0.992. The molecule has 1 unspecified atom stereocenters. The maximum atomic E-state index is 13.2. The zero-order valence-electron chi connectivity index (χ0n) is 9.31. The molecular weight excluding hydrogens is 225 g/mol. The molecule has 1 aromatic carbocycles. The Balaban J connectivity index is 2.28. The topological polar surface area (TPSA) is 57.6 Å². The van der Waals surface area contributed by atoms with E-state index < -0.39 is 17.7 Å². The SMILES string of the molecule is Cc1cc(F)cc(N2CC(C(=O)O)CC2=O)c1. The Labute approximate surface area is 97.7 Å². The van der Waals surface area contributed by atoms with Crippen LogP contribution >= 0.6 is 0 Å². The van der Waals surface area contributed by atoms with Crippen molar-refractivity contribution in [2.75, 3.05) is 11.4 Å². The van der Waals surface area contributed by atoms with Gasteiger partial charge < -0.3 is 10.0 Å². The monoisotopic (exact) mass is 237 g/mol. The van der Waals surface area contributed by atoms with Crippen molar-refractivity contribution in [3.63, 3.8) is 0 Å². The van der Waals surface area contributed by atoms with Crippen LogP contribution in [-0.4, -0.2) is 23.5 Å². The van der Waals surface area contributed by atoms with Crippen molar-refractivity contribution in [2.24, 2.45) is 5.92 Å². The van der Waals surface area contributed by atoms with E-state index in [2.05, 4.69) is 0 Å². The Kier molecular flexibility index (Phi) is 2.83. The van der Waals surface area contributed by atoms with Gasteiger partial charge in [-0.05, 0) is 30.7 Å². The molecule has 0 radical (unpaired) electrons. The minimum absolute atomic E-state index is 0.0229. The molecule has 2 rings (SSSR count). The third-order valence-electron chi connectivity index (χ3n) is 2.81. The highest BCUT2D eigenvalue weighted by molar-refractivity contribution is 5.99. The first kappa shape index (κ1) is 11.6. The second-order valence-corrected chi connectivity index (χ2v) is 4.23. The molecule has 0 spiro atoms. The Morgan fingerprint density at radius 2 is 2.18 bits per heavy atom. The Hall–Kier alpha value is -1.91. The molecule has 1 aliphatic rings. The van der Waals surface area contributed by atoms with Gasteiger partial charge in [0.2, 0.25) is 5.91 Å². The molecule has 5 heteroatoms. The second kappa shape index (κ2) is 4.16. The summed E-state index contributed by atoms with van der Waals surface area (Å²) in [5.41, 5.74) is 1.13. The number of amides is 1. The van der Waals surface area contributed by atoms with Crippen LogP contribution in [-0.2, 0) is 9.59 Å². The molecule has 1 amide bonds. The molecule has 1 atom stereocenters. The van der Waals surface area contributed by atoms with Crippen molar-refractivity contribution >= 4 is 17.6 Å². The van der Waals surface area contributed by atoms with E-state index in [-0.39, 0.29) is 18.9 Å². The molecule has 17 heavy (non-hydrogen) atoms. The minimum Gasteiger partial charge on any atom is -0.481 e. The number of hydrogen-bond acceptors (Lipinski definition) is 2. The number of aliphatic carboxylic acids is 1. The molecule has 0 aromatic heterocycles. The lowest BCUT2D eigenvalue weighted by molar-refractivity contribution is -0.141. The number of aryl methyl sites for hydroxylation is 1. The predicted octanol–water partition coefficient (Wildman–Crippen LogP) is 1.57. The van der Waals surface area contributed by atoms with Gasteiger partial charge in [0.05, 0.1) is 5.92 Å². The number of carbonyl (C=O) groups is 2. The molecule has 1 aromatic rings. The number of carboxylic acid groups (broad SMARTS) is 1. The van der Waals surface area contributed by atoms with Gasteiger partial charge >= 0.3 is 5.97 Å². The van der Waals surface area contributed by atoms with E-state index in [0.717, 1.165) is 0 Å². The summed E-state index contributed by atoms with van der Waals surface area (Å²) in [6.45, 7) is 1.83. The number of rotatable bonds is 2. The van der Waals surface area contributed by atoms with Gasteiger partial charge in [0, 0.05) is 18.7 Å². The van der Waals surface area contributed by atoms with Crippen LogP contribution < -0.4 is 4.90 Å². The van der Waals surface area contributed by atoms with Crippen LogP contribution in [0.25, 0.3) is 0 Å². The predicted molar refractivity (Wildman–Crippen MR) is 59.2 cm³/mol. The number of anilines is 1. The fourth-order valence-corrected chi connectivity index (χ4v) is 2.00. The molecule has 1 N–H and O–H groups in total. The van der Waals surface area contributed by atoms with E-state index in [0.29, 0.717) is 11.3 Å². The van der Waals surface area contributed by atoms with E-state index in [1.807, 2.05) is 0 Å². The lowest BCUT2D eigenvalue weighted by atomic mass is 10.1. The molecule has 0 saturated carbocycles. The third kappa shape index (κ3) is 2.27. The van der Waals surface area contributed by atoms with E-state index in [9.17, 15) is 14.0 Å². The number of nitrogens with zero attached hydrogens (tertiary/aromatic N) is 1. The van der Waals surface area contributed by atoms with Gasteiger partial charge in [-0.1, -0.05) is 0 Å². The summed E-state index contributed by atoms with van der Waals surface area (Å²) < 4.78 is 13.2. The molecule has 1 fully saturated rings. The maximum Gasteiger partial charge on any atom is 0.308 e. The maximum absolute atomic E-state index is 13.2. The Bertz CT molecular complexity index is 466. The zero-order valence-corrected chi connectivity index (χ0v) is 9.31. The highest BCUT2D eigenvalue weighted by atomic mass is 19.1. The van der Waals surface area contributed by atoms with Gasteiger partial charge in [-0.25, -0.2) is 4.39 Å². The summed E-state index contributed by atoms with van der Waals surface area (Å²) >= 11 is 0. The lowest BCUT2D eigenvalue weighted by Crippen LogP contribution is -2.25. The molecule has 1 aliphatic heterocycles. The van der Waals surface area contributed by atoms with Gasteiger partial charge in [0.25, 0.3) is 0 Å². The van der Waals surface area contributed by atoms with Gasteiger partial charge in [-0.3, -0.25) is 9.59 Å². The van der Waals surface area contributed by atoms with Crippen molar-refractivity contribution in [1.29, 1.82) is 0 Å². The van der Waals surface area contributed by atoms with E-state index >= 15 is 0 Å². The summed E-state index contributed by atoms with van der Waals surface area (Å²) in [6.07, 6.45) is -0.0229. The summed E-state index contributed by atoms with van der Waals surface area (Å²) in [4.78, 5) is 23.8. The average Bonchev–Trinajstić information content (AvgIpc) is 2.59. The highest BCUT2D eigenvalue weighted by Crippen LogP contribution is 2.26. The first-order valence-corrected chi connectivity index (χ1v) is 5.28. The third-order valence-corrected chi connectivity index (χ3v) is 2.81. The summed E-state index contributed by atoms with van der Waals surface area (Å²) in [5.74, 6) is -2.39. The molecule has 0 aliphatic carbocycles. The van der Waals surface area contributed by atoms with Crippen molar-refractivity contribution in [2.45, 2.75) is 13.3 Å². The number of benzene rings is 1. The van der Waals surface area contributed by atoms with Crippen molar-refractivity contribution in [3.05, 3.63) is 29.6 Å². The van der Waals surface area contributed by atoms with Crippen molar-refractivity contribution in [3.8, 4) is 0 Å². The number of carbonyl (C=O) groups excluding carboxylic acids is 1. The van der Waals surface area contributed by atoms with Crippen LogP contribution in [0.2, 0.25) is 0 Å². The van der Waals surface area contributed by atoms with Crippen LogP contribution in [0.5, 0.6) is 0 Å². The van der Waals surface area contributed by atoms with Gasteiger partial charge in [-0.2, -0.15) is 0 Å². The van der Waals surface area contributed by atoms with Crippen LogP contribution in [0, 0.1) is 18.7 Å². The van der Waals surface area contributed by atoms with E-state index in [1.165, 1.54) is 17.0 Å². The number of carboxylic acids is 1. The Morgan fingerprint density at radius 1 is 1.47 bits per heavy atom. The van der Waals surface area contributed by atoms with Crippen molar-refractivity contribution < 1.29 is 19.1 Å². The molecule has 1 saturated heterocycles. The fraction of sp³-hybridized carbons (Fsp3) is 0.333. The van der Waals surface area contributed by atoms with Gasteiger partial charge in [0.15, 0.2) is 0 Å². The van der Waals surface area contributed by atoms with Crippen LogP contribution in [0.3, 0.4) is 0 Å². The van der Waals surface area contributed by atoms with Crippen molar-refractivity contribution in [1.82, 2.24) is 0 Å². The van der Waals surface area contributed by atoms with Gasteiger partial charge in [0.1, 0.15) is 5.82 Å². The summed E-state index contributed by atoms with van der Waals surface area (Å²) in [5, 5.41) is 8.85. The van der Waals surface area contributed by atoms with E-state index in [4.69, 9.17) is 5.11 Å². The molecule has 4 nitrogen and oxygen atoms in total. The van der Waals surface area contributed by atoms with Gasteiger partial charge in [-0.15, -0.1) is 0 Å². The van der Waals surface area contributed by atoms with Crippen LogP contribution in [0.4, 0.5) is 10.1 Å². The first-order valence-electron chi connectivity index (χ1n) is 5.28. The molecular formula is C12H12FNO3. The highest BCUT2D eigenvalue weighted by Gasteiger charge is 2.35. The standard InChI is InChI=1S/C12H12FNO3/c1-7-2-9(13)5-10(3-7)14-6-8(12(16)17)4-11(14)15/h2-3,5,8H,4,6H2,1H3,(H,16,17). The summed E-state index contributed by atoms with van der Waals surface area (Å²) in [7, 11) is 0. The fourth-order valence-electron chi connectivity index (χ4n) is 2.00. The summed E-state index contributed by atoms with van der Waals surface area (Å²) in [6, 6.07) is 4.28. The quantitative estimate of drug-likeness (QED) is 0.849. The van der Waals surface area contributed by atoms with Crippen LogP contribution in [0.15, 0.2) is 18.2 Å². The first-order chi connectivity index (χ1) is 7.97. The normalized spacial score (nSPS) is 19.8. The second-order valence-electron chi connectivity index (χ2n) is 4.23. The van der Waals surface area contributed by atoms with E-state index in [1.54, 1.807) is 13.0 Å². The molecule has 90 valence electrons. The number of halogens is 1. The Morgan fingerprint density at radius 3 is 2.71 bits per heavy atom. The average molecular weight is 237 g/mol. The molecule has 1 heterocycles. The largest absolute Gasteiger partial charge is 0.481 e.